The van der Waals surface area contributed by atoms with Gasteiger partial charge in [0.25, 0.3) is 5.91 Å². The van der Waals surface area contributed by atoms with Gasteiger partial charge in [0.1, 0.15) is 0 Å². The van der Waals surface area contributed by atoms with Crippen LogP contribution >= 0.6 is 0 Å². The normalized spacial score (nSPS) is 11.2. The molecule has 0 saturated heterocycles. The van der Waals surface area contributed by atoms with E-state index in [0.717, 1.165) is 5.69 Å². The molecule has 0 unspecified atom stereocenters. The van der Waals surface area contributed by atoms with Gasteiger partial charge in [-0.2, -0.15) is 0 Å². The average molecular weight is 304 g/mol. The highest BCUT2D eigenvalue weighted by atomic mass is 32.2. The summed E-state index contributed by atoms with van der Waals surface area (Å²) < 4.78 is 22.9. The number of rotatable bonds is 3. The van der Waals surface area contributed by atoms with Gasteiger partial charge in [0.2, 0.25) is 10.0 Å². The Balaban J connectivity index is 2.42. The van der Waals surface area contributed by atoms with E-state index in [9.17, 15) is 13.2 Å². The van der Waals surface area contributed by atoms with Crippen LogP contribution in [0.1, 0.15) is 15.9 Å². The summed E-state index contributed by atoms with van der Waals surface area (Å²) in [6.07, 6.45) is 0. The van der Waals surface area contributed by atoms with E-state index in [1.54, 1.807) is 32.2 Å². The lowest BCUT2D eigenvalue weighted by Crippen LogP contribution is -2.26. The van der Waals surface area contributed by atoms with E-state index in [1.165, 1.54) is 17.0 Å². The van der Waals surface area contributed by atoms with Crippen molar-refractivity contribution in [3.63, 3.8) is 0 Å². The Morgan fingerprint density at radius 2 is 1.71 bits per heavy atom. The zero-order valence-corrected chi connectivity index (χ0v) is 12.6. The molecular formula is C15H16N2O3S. The third-order valence-corrected chi connectivity index (χ3v) is 3.97. The van der Waals surface area contributed by atoms with Crippen molar-refractivity contribution in [1.82, 2.24) is 0 Å². The van der Waals surface area contributed by atoms with Crippen LogP contribution in [0.25, 0.3) is 0 Å². The van der Waals surface area contributed by atoms with Gasteiger partial charge in [-0.15, -0.1) is 0 Å². The second kappa shape index (κ2) is 5.67. The van der Waals surface area contributed by atoms with E-state index in [4.69, 9.17) is 5.14 Å². The molecule has 0 aliphatic heterocycles. The monoisotopic (exact) mass is 304 g/mol. The maximum absolute atomic E-state index is 12.5. The highest BCUT2D eigenvalue weighted by Crippen LogP contribution is 2.18. The number of para-hydroxylation sites is 1. The number of hydrogen-bond acceptors (Lipinski definition) is 3. The molecule has 0 fully saturated rings. The van der Waals surface area contributed by atoms with Crippen LogP contribution in [0.4, 0.5) is 5.69 Å². The number of benzene rings is 2. The maximum atomic E-state index is 12.5. The van der Waals surface area contributed by atoms with Crippen molar-refractivity contribution in [1.29, 1.82) is 0 Å². The van der Waals surface area contributed by atoms with Crippen LogP contribution < -0.4 is 10.0 Å². The molecule has 0 heterocycles. The van der Waals surface area contributed by atoms with Crippen molar-refractivity contribution in [3.8, 4) is 0 Å². The number of nitrogens with two attached hydrogens (primary N) is 1. The van der Waals surface area contributed by atoms with E-state index in [1.807, 2.05) is 18.2 Å². The van der Waals surface area contributed by atoms with Crippen LogP contribution in [-0.4, -0.2) is 21.4 Å². The molecule has 2 aromatic rings. The third-order valence-electron chi connectivity index (χ3n) is 3.07. The Morgan fingerprint density at radius 3 is 2.29 bits per heavy atom. The van der Waals surface area contributed by atoms with Crippen LogP contribution in [0, 0.1) is 6.92 Å². The number of amides is 1. The number of hydrogen-bond donors (Lipinski definition) is 1. The molecule has 0 aliphatic carbocycles. The molecule has 0 aliphatic rings. The second-order valence-corrected chi connectivity index (χ2v) is 6.34. The number of anilines is 1. The minimum Gasteiger partial charge on any atom is -0.311 e. The standard InChI is InChI=1S/C15H16N2O3S/c1-11-8-12(10-14(9-11)21(16,19)20)15(18)17(2)13-6-4-3-5-7-13/h3-10H,1-2H3,(H2,16,19,20). The van der Waals surface area contributed by atoms with Crippen LogP contribution in [0.2, 0.25) is 0 Å². The lowest BCUT2D eigenvalue weighted by Gasteiger charge is -2.18. The maximum Gasteiger partial charge on any atom is 0.258 e. The third kappa shape index (κ3) is 3.48. The van der Waals surface area contributed by atoms with Gasteiger partial charge in [0.15, 0.2) is 0 Å². The van der Waals surface area contributed by atoms with E-state index >= 15 is 0 Å². The van der Waals surface area contributed by atoms with Crippen LogP contribution in [0.15, 0.2) is 53.4 Å². The van der Waals surface area contributed by atoms with E-state index in [-0.39, 0.29) is 16.4 Å². The first-order valence-corrected chi connectivity index (χ1v) is 7.81. The van der Waals surface area contributed by atoms with E-state index in [2.05, 4.69) is 0 Å². The molecule has 0 aromatic heterocycles. The van der Waals surface area contributed by atoms with E-state index in [0.29, 0.717) is 5.56 Å². The summed E-state index contributed by atoms with van der Waals surface area (Å²) in [5.41, 5.74) is 1.66. The molecule has 0 spiro atoms. The Kier molecular flexibility index (Phi) is 4.11. The highest BCUT2D eigenvalue weighted by Gasteiger charge is 2.17. The molecule has 1 amide bonds. The fourth-order valence-corrected chi connectivity index (χ4v) is 2.64. The van der Waals surface area contributed by atoms with Crippen molar-refractivity contribution >= 4 is 21.6 Å². The van der Waals surface area contributed by atoms with E-state index < -0.39 is 10.0 Å². The van der Waals surface area contributed by atoms with Gasteiger partial charge in [-0.1, -0.05) is 18.2 Å². The Labute approximate surface area is 124 Å². The smallest absolute Gasteiger partial charge is 0.258 e. The Morgan fingerprint density at radius 1 is 1.10 bits per heavy atom. The molecule has 0 atom stereocenters. The first kappa shape index (κ1) is 15.2. The SMILES string of the molecule is Cc1cc(C(=O)N(C)c2ccccc2)cc(S(N)(=O)=O)c1. The zero-order valence-electron chi connectivity index (χ0n) is 11.8. The lowest BCUT2D eigenvalue weighted by molar-refractivity contribution is 0.0992. The Hall–Kier alpha value is -2.18. The number of sulfonamides is 1. The minimum atomic E-state index is -3.84. The van der Waals surface area contributed by atoms with Gasteiger partial charge in [-0.3, -0.25) is 4.79 Å². The molecule has 110 valence electrons. The van der Waals surface area contributed by atoms with Crippen molar-refractivity contribution in [2.45, 2.75) is 11.8 Å². The number of carbonyl (C=O) groups excluding carboxylic acids is 1. The van der Waals surface area contributed by atoms with Crippen LogP contribution in [0.3, 0.4) is 0 Å². The van der Waals surface area contributed by atoms with Crippen molar-refractivity contribution in [2.24, 2.45) is 5.14 Å². The minimum absolute atomic E-state index is 0.0627. The van der Waals surface area contributed by atoms with Crippen LogP contribution in [-0.2, 0) is 10.0 Å². The lowest BCUT2D eigenvalue weighted by atomic mass is 10.1. The summed E-state index contributed by atoms with van der Waals surface area (Å²) in [7, 11) is -2.21. The largest absolute Gasteiger partial charge is 0.311 e. The fourth-order valence-electron chi connectivity index (χ4n) is 2.00. The molecule has 2 N–H and O–H groups in total. The second-order valence-electron chi connectivity index (χ2n) is 4.78. The zero-order chi connectivity index (χ0) is 15.6. The summed E-state index contributed by atoms with van der Waals surface area (Å²) >= 11 is 0. The Bertz CT molecular complexity index is 771. The molecule has 6 heteroatoms. The number of carbonyl (C=O) groups is 1. The quantitative estimate of drug-likeness (QED) is 0.940. The summed E-state index contributed by atoms with van der Waals surface area (Å²) in [6.45, 7) is 1.72. The van der Waals surface area contributed by atoms with Gasteiger partial charge in [-0.25, -0.2) is 13.6 Å². The predicted molar refractivity (Wildman–Crippen MR) is 81.7 cm³/mol. The summed E-state index contributed by atoms with van der Waals surface area (Å²) in [6, 6.07) is 13.5. The first-order chi connectivity index (χ1) is 9.79. The first-order valence-electron chi connectivity index (χ1n) is 6.26. The van der Waals surface area contributed by atoms with Gasteiger partial charge in [-0.05, 0) is 42.8 Å². The average Bonchev–Trinajstić information content (AvgIpc) is 2.45. The molecule has 5 nitrogen and oxygen atoms in total. The number of aryl methyl sites for hydroxylation is 1. The van der Waals surface area contributed by atoms with Crippen molar-refractivity contribution in [3.05, 3.63) is 59.7 Å². The van der Waals surface area contributed by atoms with Gasteiger partial charge < -0.3 is 4.90 Å². The van der Waals surface area contributed by atoms with Crippen molar-refractivity contribution < 1.29 is 13.2 Å². The molecule has 0 bridgehead atoms. The van der Waals surface area contributed by atoms with Gasteiger partial charge in [0.05, 0.1) is 4.90 Å². The molecule has 2 rings (SSSR count). The predicted octanol–water partition coefficient (Wildman–Crippen LogP) is 1.92. The summed E-state index contributed by atoms with van der Waals surface area (Å²) in [4.78, 5) is 13.9. The molecule has 0 saturated carbocycles. The van der Waals surface area contributed by atoms with Gasteiger partial charge in [0, 0.05) is 18.3 Å². The van der Waals surface area contributed by atoms with Crippen molar-refractivity contribution in [2.75, 3.05) is 11.9 Å². The highest BCUT2D eigenvalue weighted by molar-refractivity contribution is 7.89. The number of primary sulfonamides is 1. The van der Waals surface area contributed by atoms with Gasteiger partial charge >= 0.3 is 0 Å². The molecule has 21 heavy (non-hydrogen) atoms. The molecular weight excluding hydrogens is 288 g/mol. The molecule has 2 aromatic carbocycles. The van der Waals surface area contributed by atoms with Crippen LogP contribution in [0.5, 0.6) is 0 Å². The summed E-state index contributed by atoms with van der Waals surface area (Å²) in [5.74, 6) is -0.296. The number of nitrogens with zero attached hydrogens (tertiary/aromatic N) is 1. The fraction of sp³-hybridized carbons (Fsp3) is 0.133. The topological polar surface area (TPSA) is 80.5 Å². The summed E-state index contributed by atoms with van der Waals surface area (Å²) in [5, 5.41) is 5.13. The molecule has 0 radical (unpaired) electrons.